The van der Waals surface area contributed by atoms with Crippen LogP contribution in [0.5, 0.6) is 5.75 Å². The first kappa shape index (κ1) is 26.7. The van der Waals surface area contributed by atoms with E-state index in [2.05, 4.69) is 21.2 Å². The highest BCUT2D eigenvalue weighted by molar-refractivity contribution is 9.10. The van der Waals surface area contributed by atoms with Crippen LogP contribution in [0.2, 0.25) is 0 Å². The molecule has 0 bridgehead atoms. The maximum Gasteiger partial charge on any atom is 0.244 e. The first-order valence-corrected chi connectivity index (χ1v) is 13.1. The standard InChI is InChI=1S/C23H30BrN3O5S/c1-5-12-25-23(29)17(2)26(15-18-8-6-11-21(13-18)32-3)22(28)16-27(33(4,30)31)20-10-7-9-19(24)14-20/h6-11,13-14,17H,5,12,15-16H2,1-4H3,(H,25,29)/t17-/m1/s1. The van der Waals surface area contributed by atoms with Crippen molar-refractivity contribution in [3.8, 4) is 5.75 Å². The summed E-state index contributed by atoms with van der Waals surface area (Å²) < 4.78 is 32.0. The third-order valence-corrected chi connectivity index (χ3v) is 6.61. The van der Waals surface area contributed by atoms with E-state index in [-0.39, 0.29) is 12.5 Å². The fourth-order valence-corrected chi connectivity index (χ4v) is 4.42. The Hall–Kier alpha value is -2.59. The lowest BCUT2D eigenvalue weighted by atomic mass is 10.1. The zero-order chi connectivity index (χ0) is 24.6. The van der Waals surface area contributed by atoms with Gasteiger partial charge in [-0.1, -0.05) is 41.1 Å². The minimum atomic E-state index is -3.76. The van der Waals surface area contributed by atoms with Crippen molar-refractivity contribution >= 4 is 43.5 Å². The molecular formula is C23H30BrN3O5S. The van der Waals surface area contributed by atoms with Crippen molar-refractivity contribution in [2.45, 2.75) is 32.9 Å². The second-order valence-electron chi connectivity index (χ2n) is 7.59. The number of methoxy groups -OCH3 is 1. The maximum atomic E-state index is 13.4. The van der Waals surface area contributed by atoms with E-state index in [1.165, 1.54) is 4.90 Å². The molecule has 10 heteroatoms. The van der Waals surface area contributed by atoms with Crippen LogP contribution in [-0.4, -0.2) is 57.6 Å². The summed E-state index contributed by atoms with van der Waals surface area (Å²) in [5.41, 5.74) is 1.11. The SMILES string of the molecule is CCCNC(=O)[C@@H](C)N(Cc1cccc(OC)c1)C(=O)CN(c1cccc(Br)c1)S(C)(=O)=O. The molecule has 33 heavy (non-hydrogen) atoms. The van der Waals surface area contributed by atoms with Gasteiger partial charge in [-0.2, -0.15) is 0 Å². The monoisotopic (exact) mass is 539 g/mol. The Balaban J connectivity index is 2.38. The van der Waals surface area contributed by atoms with Gasteiger partial charge in [-0.25, -0.2) is 8.42 Å². The van der Waals surface area contributed by atoms with Crippen LogP contribution in [0.25, 0.3) is 0 Å². The molecule has 180 valence electrons. The Kier molecular flexibility index (Phi) is 9.72. The molecule has 0 aliphatic carbocycles. The van der Waals surface area contributed by atoms with E-state index in [1.807, 2.05) is 13.0 Å². The Morgan fingerprint density at radius 3 is 2.45 bits per heavy atom. The summed E-state index contributed by atoms with van der Waals surface area (Å²) in [6.45, 7) is 3.73. The average molecular weight is 540 g/mol. The second kappa shape index (κ2) is 12.0. The van der Waals surface area contributed by atoms with Crippen molar-refractivity contribution in [2.75, 3.05) is 30.8 Å². The molecule has 0 aromatic heterocycles. The highest BCUT2D eigenvalue weighted by Crippen LogP contribution is 2.23. The van der Waals surface area contributed by atoms with Crippen LogP contribution < -0.4 is 14.4 Å². The number of rotatable bonds is 11. The molecule has 0 heterocycles. The van der Waals surface area contributed by atoms with Crippen LogP contribution >= 0.6 is 15.9 Å². The van der Waals surface area contributed by atoms with E-state index in [0.29, 0.717) is 22.5 Å². The Labute approximate surface area is 204 Å². The molecule has 8 nitrogen and oxygen atoms in total. The van der Waals surface area contributed by atoms with Crippen molar-refractivity contribution in [1.29, 1.82) is 0 Å². The molecule has 2 aromatic carbocycles. The van der Waals surface area contributed by atoms with Gasteiger partial charge in [0.2, 0.25) is 21.8 Å². The van der Waals surface area contributed by atoms with Gasteiger partial charge >= 0.3 is 0 Å². The van der Waals surface area contributed by atoms with Crippen LogP contribution in [0.4, 0.5) is 5.69 Å². The number of carbonyl (C=O) groups is 2. The third kappa shape index (κ3) is 7.75. The van der Waals surface area contributed by atoms with Crippen LogP contribution in [0.15, 0.2) is 53.0 Å². The largest absolute Gasteiger partial charge is 0.497 e. The molecule has 0 aliphatic heterocycles. The van der Waals surface area contributed by atoms with Gasteiger partial charge in [0.25, 0.3) is 0 Å². The lowest BCUT2D eigenvalue weighted by molar-refractivity contribution is -0.139. The van der Waals surface area contributed by atoms with Crippen molar-refractivity contribution in [3.63, 3.8) is 0 Å². The topological polar surface area (TPSA) is 96.0 Å². The van der Waals surface area contributed by atoms with Gasteiger partial charge in [0.05, 0.1) is 19.1 Å². The number of halogens is 1. The van der Waals surface area contributed by atoms with Gasteiger partial charge in [-0.05, 0) is 49.2 Å². The number of carbonyl (C=O) groups excluding carboxylic acids is 2. The summed E-state index contributed by atoms with van der Waals surface area (Å²) in [6, 6.07) is 13.1. The first-order chi connectivity index (χ1) is 15.6. The highest BCUT2D eigenvalue weighted by atomic mass is 79.9. The zero-order valence-electron chi connectivity index (χ0n) is 19.2. The molecule has 0 aliphatic rings. The molecule has 0 saturated carbocycles. The fourth-order valence-electron chi connectivity index (χ4n) is 3.19. The number of benzene rings is 2. The minimum Gasteiger partial charge on any atom is -0.497 e. The van der Waals surface area contributed by atoms with Crippen LogP contribution in [0, 0.1) is 0 Å². The lowest BCUT2D eigenvalue weighted by Crippen LogP contribution is -2.51. The Bertz CT molecular complexity index is 1080. The number of hydrogen-bond acceptors (Lipinski definition) is 5. The summed E-state index contributed by atoms with van der Waals surface area (Å²) in [5, 5.41) is 2.80. The van der Waals surface area contributed by atoms with Gasteiger partial charge in [0, 0.05) is 17.6 Å². The molecular weight excluding hydrogens is 510 g/mol. The molecule has 1 N–H and O–H groups in total. The molecule has 2 aromatic rings. The Morgan fingerprint density at radius 1 is 1.15 bits per heavy atom. The van der Waals surface area contributed by atoms with Crippen LogP contribution in [0.3, 0.4) is 0 Å². The predicted molar refractivity (Wildman–Crippen MR) is 133 cm³/mol. The highest BCUT2D eigenvalue weighted by Gasteiger charge is 2.30. The predicted octanol–water partition coefficient (Wildman–Crippen LogP) is 3.17. The van der Waals surface area contributed by atoms with E-state index in [9.17, 15) is 18.0 Å². The number of sulfonamides is 1. The Morgan fingerprint density at radius 2 is 1.85 bits per heavy atom. The number of nitrogens with one attached hydrogen (secondary N) is 1. The number of amides is 2. The van der Waals surface area contributed by atoms with Crippen molar-refractivity contribution in [3.05, 3.63) is 58.6 Å². The van der Waals surface area contributed by atoms with E-state index in [1.54, 1.807) is 56.5 Å². The smallest absolute Gasteiger partial charge is 0.244 e. The van der Waals surface area contributed by atoms with E-state index >= 15 is 0 Å². The quantitative estimate of drug-likeness (QED) is 0.473. The molecule has 0 spiro atoms. The van der Waals surface area contributed by atoms with Gasteiger partial charge in [0.1, 0.15) is 18.3 Å². The van der Waals surface area contributed by atoms with Gasteiger partial charge in [-0.3, -0.25) is 13.9 Å². The third-order valence-electron chi connectivity index (χ3n) is 4.98. The summed E-state index contributed by atoms with van der Waals surface area (Å²) in [5.74, 6) is -0.182. The summed E-state index contributed by atoms with van der Waals surface area (Å²) in [7, 11) is -2.22. The summed E-state index contributed by atoms with van der Waals surface area (Å²) in [4.78, 5) is 27.5. The molecule has 0 radical (unpaired) electrons. The second-order valence-corrected chi connectivity index (χ2v) is 10.4. The number of hydrogen-bond donors (Lipinski definition) is 1. The average Bonchev–Trinajstić information content (AvgIpc) is 2.78. The van der Waals surface area contributed by atoms with E-state index < -0.39 is 28.5 Å². The summed E-state index contributed by atoms with van der Waals surface area (Å²) in [6.07, 6.45) is 1.80. The molecule has 0 saturated heterocycles. The number of ether oxygens (including phenoxy) is 1. The van der Waals surface area contributed by atoms with Crippen LogP contribution in [0.1, 0.15) is 25.8 Å². The maximum absolute atomic E-state index is 13.4. The van der Waals surface area contributed by atoms with Crippen molar-refractivity contribution in [1.82, 2.24) is 10.2 Å². The fraction of sp³-hybridized carbons (Fsp3) is 0.391. The van der Waals surface area contributed by atoms with Gasteiger partial charge < -0.3 is 15.0 Å². The van der Waals surface area contributed by atoms with Crippen molar-refractivity contribution < 1.29 is 22.7 Å². The van der Waals surface area contributed by atoms with Crippen LogP contribution in [-0.2, 0) is 26.2 Å². The van der Waals surface area contributed by atoms with E-state index in [4.69, 9.17) is 4.74 Å². The lowest BCUT2D eigenvalue weighted by Gasteiger charge is -2.31. The molecule has 2 rings (SSSR count). The van der Waals surface area contributed by atoms with Gasteiger partial charge in [0.15, 0.2) is 0 Å². The molecule has 1 atom stereocenters. The summed E-state index contributed by atoms with van der Waals surface area (Å²) >= 11 is 3.33. The normalized spacial score (nSPS) is 12.0. The van der Waals surface area contributed by atoms with Crippen molar-refractivity contribution in [2.24, 2.45) is 0 Å². The molecule has 0 unspecified atom stereocenters. The number of nitrogens with zero attached hydrogens (tertiary/aromatic N) is 2. The molecule has 0 fully saturated rings. The zero-order valence-corrected chi connectivity index (χ0v) is 21.6. The van der Waals surface area contributed by atoms with E-state index in [0.717, 1.165) is 22.5 Å². The van der Waals surface area contributed by atoms with Gasteiger partial charge in [-0.15, -0.1) is 0 Å². The minimum absolute atomic E-state index is 0.118. The molecule has 2 amide bonds. The first-order valence-electron chi connectivity index (χ1n) is 10.5. The number of anilines is 1.